The number of carbonyl (C=O) groups excluding carboxylic acids is 1. The van der Waals surface area contributed by atoms with E-state index in [-0.39, 0.29) is 5.91 Å². The van der Waals surface area contributed by atoms with Gasteiger partial charge in [-0.25, -0.2) is 0 Å². The Morgan fingerprint density at radius 2 is 1.82 bits per heavy atom. The Balaban J connectivity index is 1.96. The molecule has 1 saturated carbocycles. The van der Waals surface area contributed by atoms with Gasteiger partial charge < -0.3 is 11.1 Å². The Labute approximate surface area is 135 Å². The Kier molecular flexibility index (Phi) is 4.21. The first-order chi connectivity index (χ1) is 10.6. The molecule has 0 radical (unpaired) electrons. The van der Waals surface area contributed by atoms with Crippen LogP contribution in [0, 0.1) is 13.8 Å². The van der Waals surface area contributed by atoms with Crippen LogP contribution < -0.4 is 11.1 Å². The van der Waals surface area contributed by atoms with Gasteiger partial charge in [-0.1, -0.05) is 42.7 Å². The molecule has 1 aromatic carbocycles. The van der Waals surface area contributed by atoms with Crippen molar-refractivity contribution in [2.75, 3.05) is 5.73 Å². The number of rotatable bonds is 3. The van der Waals surface area contributed by atoms with Crippen molar-refractivity contribution in [1.29, 1.82) is 0 Å². The summed E-state index contributed by atoms with van der Waals surface area (Å²) in [6.45, 7) is 4.09. The SMILES string of the molecule is Cc1ccc(-c2c(C)sc(N)c2C(=O)NC2CCCC2)cc1. The molecule has 1 aliphatic carbocycles. The van der Waals surface area contributed by atoms with Crippen molar-refractivity contribution < 1.29 is 4.79 Å². The summed E-state index contributed by atoms with van der Waals surface area (Å²) >= 11 is 1.50. The number of nitrogen functional groups attached to an aromatic ring is 1. The third-order valence-corrected chi connectivity index (χ3v) is 5.30. The van der Waals surface area contributed by atoms with E-state index in [1.807, 2.05) is 6.92 Å². The number of hydrogen-bond donors (Lipinski definition) is 2. The molecule has 4 heteroatoms. The summed E-state index contributed by atoms with van der Waals surface area (Å²) in [6.07, 6.45) is 4.56. The third kappa shape index (κ3) is 2.88. The van der Waals surface area contributed by atoms with E-state index in [0.717, 1.165) is 28.8 Å². The number of anilines is 1. The predicted octanol–water partition coefficient (Wildman–Crippen LogP) is 4.29. The Morgan fingerprint density at radius 3 is 2.45 bits per heavy atom. The zero-order valence-electron chi connectivity index (χ0n) is 13.1. The van der Waals surface area contributed by atoms with E-state index in [4.69, 9.17) is 5.73 Å². The Hall–Kier alpha value is -1.81. The second kappa shape index (κ2) is 6.13. The molecule has 0 unspecified atom stereocenters. The van der Waals surface area contributed by atoms with Crippen LogP contribution in [-0.4, -0.2) is 11.9 Å². The lowest BCUT2D eigenvalue weighted by atomic mass is 9.99. The highest BCUT2D eigenvalue weighted by atomic mass is 32.1. The maximum absolute atomic E-state index is 12.7. The molecule has 116 valence electrons. The van der Waals surface area contributed by atoms with Crippen LogP contribution in [0.25, 0.3) is 11.1 Å². The molecule has 1 fully saturated rings. The van der Waals surface area contributed by atoms with Crippen LogP contribution in [-0.2, 0) is 0 Å². The lowest BCUT2D eigenvalue weighted by molar-refractivity contribution is 0.0940. The molecular weight excluding hydrogens is 292 g/mol. The Morgan fingerprint density at radius 1 is 1.18 bits per heavy atom. The summed E-state index contributed by atoms with van der Waals surface area (Å²) in [7, 11) is 0. The minimum Gasteiger partial charge on any atom is -0.390 e. The monoisotopic (exact) mass is 314 g/mol. The zero-order valence-corrected chi connectivity index (χ0v) is 13.9. The minimum atomic E-state index is -0.0238. The van der Waals surface area contributed by atoms with E-state index in [1.165, 1.54) is 29.7 Å². The van der Waals surface area contributed by atoms with Gasteiger partial charge in [0.1, 0.15) is 0 Å². The molecule has 0 spiro atoms. The van der Waals surface area contributed by atoms with E-state index in [2.05, 4.69) is 36.5 Å². The maximum Gasteiger partial charge on any atom is 0.255 e. The lowest BCUT2D eigenvalue weighted by Crippen LogP contribution is -2.33. The van der Waals surface area contributed by atoms with Crippen LogP contribution in [0.1, 0.15) is 46.5 Å². The predicted molar refractivity (Wildman–Crippen MR) is 93.4 cm³/mol. The molecule has 2 aromatic rings. The number of amides is 1. The molecule has 1 aromatic heterocycles. The van der Waals surface area contributed by atoms with Gasteiger partial charge in [-0.05, 0) is 32.3 Å². The van der Waals surface area contributed by atoms with E-state index >= 15 is 0 Å². The molecule has 1 aliphatic rings. The average Bonchev–Trinajstić information content (AvgIpc) is 3.07. The van der Waals surface area contributed by atoms with Crippen LogP contribution in [0.5, 0.6) is 0 Å². The van der Waals surface area contributed by atoms with Gasteiger partial charge in [-0.15, -0.1) is 11.3 Å². The summed E-state index contributed by atoms with van der Waals surface area (Å²) in [5.41, 5.74) is 10.1. The van der Waals surface area contributed by atoms with Gasteiger partial charge in [0.15, 0.2) is 0 Å². The van der Waals surface area contributed by atoms with E-state index in [9.17, 15) is 4.79 Å². The molecule has 0 aliphatic heterocycles. The molecule has 0 saturated heterocycles. The standard InChI is InChI=1S/C18H22N2OS/c1-11-7-9-13(10-8-11)15-12(2)22-17(19)16(15)18(21)20-14-5-3-4-6-14/h7-10,14H,3-6,19H2,1-2H3,(H,20,21). The normalized spacial score (nSPS) is 15.2. The Bertz CT molecular complexity index is 682. The van der Waals surface area contributed by atoms with Gasteiger partial charge in [-0.3, -0.25) is 4.79 Å². The molecule has 3 nitrogen and oxygen atoms in total. The van der Waals surface area contributed by atoms with Crippen LogP contribution in [0.15, 0.2) is 24.3 Å². The summed E-state index contributed by atoms with van der Waals surface area (Å²) in [6, 6.07) is 8.58. The van der Waals surface area contributed by atoms with Crippen molar-refractivity contribution in [2.45, 2.75) is 45.6 Å². The summed E-state index contributed by atoms with van der Waals surface area (Å²) < 4.78 is 0. The van der Waals surface area contributed by atoms with E-state index in [0.29, 0.717) is 16.6 Å². The number of aryl methyl sites for hydroxylation is 2. The van der Waals surface area contributed by atoms with Crippen molar-refractivity contribution in [1.82, 2.24) is 5.32 Å². The maximum atomic E-state index is 12.7. The first-order valence-electron chi connectivity index (χ1n) is 7.83. The van der Waals surface area contributed by atoms with Gasteiger partial charge in [0.2, 0.25) is 0 Å². The highest BCUT2D eigenvalue weighted by Gasteiger charge is 2.24. The molecule has 3 rings (SSSR count). The van der Waals surface area contributed by atoms with Crippen LogP contribution in [0.2, 0.25) is 0 Å². The fourth-order valence-electron chi connectivity index (χ4n) is 3.19. The molecular formula is C18H22N2OS. The highest BCUT2D eigenvalue weighted by Crippen LogP contribution is 2.38. The summed E-state index contributed by atoms with van der Waals surface area (Å²) in [5, 5.41) is 3.77. The second-order valence-electron chi connectivity index (χ2n) is 6.09. The van der Waals surface area contributed by atoms with Gasteiger partial charge in [0.05, 0.1) is 10.6 Å². The van der Waals surface area contributed by atoms with Crippen LogP contribution in [0.4, 0.5) is 5.00 Å². The minimum absolute atomic E-state index is 0.0238. The molecule has 22 heavy (non-hydrogen) atoms. The zero-order chi connectivity index (χ0) is 15.7. The van der Waals surface area contributed by atoms with Crippen molar-refractivity contribution in [3.05, 3.63) is 40.3 Å². The number of carbonyl (C=O) groups is 1. The van der Waals surface area contributed by atoms with Crippen molar-refractivity contribution >= 4 is 22.2 Å². The third-order valence-electron chi connectivity index (χ3n) is 4.37. The second-order valence-corrected chi connectivity index (χ2v) is 7.35. The van der Waals surface area contributed by atoms with Crippen molar-refractivity contribution in [2.24, 2.45) is 0 Å². The number of nitrogens with two attached hydrogens (primary N) is 1. The largest absolute Gasteiger partial charge is 0.390 e. The molecule has 1 amide bonds. The fraction of sp³-hybridized carbons (Fsp3) is 0.389. The fourth-order valence-corrected chi connectivity index (χ4v) is 4.14. The van der Waals surface area contributed by atoms with Gasteiger partial charge in [0.25, 0.3) is 5.91 Å². The first kappa shape index (κ1) is 15.1. The quantitative estimate of drug-likeness (QED) is 0.888. The van der Waals surface area contributed by atoms with Crippen molar-refractivity contribution in [3.63, 3.8) is 0 Å². The van der Waals surface area contributed by atoms with Gasteiger partial charge in [0, 0.05) is 16.5 Å². The number of benzene rings is 1. The average molecular weight is 314 g/mol. The number of hydrogen-bond acceptors (Lipinski definition) is 3. The topological polar surface area (TPSA) is 55.1 Å². The molecule has 1 heterocycles. The van der Waals surface area contributed by atoms with Crippen LogP contribution >= 0.6 is 11.3 Å². The van der Waals surface area contributed by atoms with Crippen molar-refractivity contribution in [3.8, 4) is 11.1 Å². The molecule has 3 N–H and O–H groups in total. The number of nitrogens with one attached hydrogen (secondary N) is 1. The summed E-state index contributed by atoms with van der Waals surface area (Å²) in [5.74, 6) is -0.0238. The van der Waals surface area contributed by atoms with E-state index < -0.39 is 0 Å². The highest BCUT2D eigenvalue weighted by molar-refractivity contribution is 7.16. The van der Waals surface area contributed by atoms with Crippen LogP contribution in [0.3, 0.4) is 0 Å². The lowest BCUT2D eigenvalue weighted by Gasteiger charge is -2.13. The molecule has 0 bridgehead atoms. The van der Waals surface area contributed by atoms with Gasteiger partial charge in [-0.2, -0.15) is 0 Å². The summed E-state index contributed by atoms with van der Waals surface area (Å²) in [4.78, 5) is 13.8. The van der Waals surface area contributed by atoms with Gasteiger partial charge >= 0.3 is 0 Å². The first-order valence-corrected chi connectivity index (χ1v) is 8.64. The molecule has 0 atom stereocenters. The van der Waals surface area contributed by atoms with E-state index in [1.54, 1.807) is 0 Å². The number of thiophene rings is 1. The smallest absolute Gasteiger partial charge is 0.255 e.